The largest absolute Gasteiger partial charge is 0.462 e. The van der Waals surface area contributed by atoms with Crippen LogP contribution in [-0.2, 0) is 4.74 Å². The van der Waals surface area contributed by atoms with E-state index in [1.165, 1.54) is 12.8 Å². The third-order valence-corrected chi connectivity index (χ3v) is 3.42. The summed E-state index contributed by atoms with van der Waals surface area (Å²) in [5, 5.41) is 0. The molecule has 0 saturated carbocycles. The number of benzene rings is 1. The number of aryl methyl sites for hydroxylation is 1. The molecule has 0 aromatic heterocycles. The molecule has 3 heteroatoms. The lowest BCUT2D eigenvalue weighted by Crippen LogP contribution is -2.15. The predicted octanol–water partition coefficient (Wildman–Crippen LogP) is 3.95. The molecule has 19 heavy (non-hydrogen) atoms. The average Bonchev–Trinajstić information content (AvgIpc) is 2.41. The van der Waals surface area contributed by atoms with Gasteiger partial charge < -0.3 is 10.5 Å². The minimum Gasteiger partial charge on any atom is -0.462 e. The molecule has 0 saturated heterocycles. The summed E-state index contributed by atoms with van der Waals surface area (Å²) in [6, 6.07) is 5.42. The summed E-state index contributed by atoms with van der Waals surface area (Å²) >= 11 is 0. The first-order valence-corrected chi connectivity index (χ1v) is 7.11. The van der Waals surface area contributed by atoms with Crippen molar-refractivity contribution in [2.24, 2.45) is 5.92 Å². The first-order valence-electron chi connectivity index (χ1n) is 7.11. The minimum atomic E-state index is -0.309. The summed E-state index contributed by atoms with van der Waals surface area (Å²) in [5.74, 6) is 0.145. The number of ether oxygens (including phenoxy) is 1. The lowest BCUT2D eigenvalue weighted by atomic mass is 10.0. The molecule has 1 aromatic carbocycles. The highest BCUT2D eigenvalue weighted by atomic mass is 16.5. The highest BCUT2D eigenvalue weighted by Gasteiger charge is 2.14. The van der Waals surface area contributed by atoms with E-state index in [0.717, 1.165) is 18.4 Å². The van der Waals surface area contributed by atoms with Gasteiger partial charge >= 0.3 is 5.97 Å². The average molecular weight is 263 g/mol. The molecule has 0 aliphatic rings. The van der Waals surface area contributed by atoms with Gasteiger partial charge in [0.25, 0.3) is 0 Å². The van der Waals surface area contributed by atoms with Crippen molar-refractivity contribution in [1.82, 2.24) is 0 Å². The summed E-state index contributed by atoms with van der Waals surface area (Å²) in [6.07, 6.45) is 4.51. The van der Waals surface area contributed by atoms with Gasteiger partial charge in [0.1, 0.15) is 0 Å². The van der Waals surface area contributed by atoms with Crippen LogP contribution in [0.5, 0.6) is 0 Å². The molecule has 0 aliphatic heterocycles. The third-order valence-electron chi connectivity index (χ3n) is 3.42. The number of carbonyl (C=O) groups is 1. The zero-order chi connectivity index (χ0) is 14.3. The lowest BCUT2D eigenvalue weighted by molar-refractivity contribution is 0.0429. The number of nitrogen functional groups attached to an aromatic ring is 1. The van der Waals surface area contributed by atoms with E-state index in [1.54, 1.807) is 12.1 Å². The van der Waals surface area contributed by atoms with Crippen LogP contribution in [0.1, 0.15) is 55.5 Å². The van der Waals surface area contributed by atoms with Crippen molar-refractivity contribution in [1.29, 1.82) is 0 Å². The van der Waals surface area contributed by atoms with Gasteiger partial charge in [-0.1, -0.05) is 44.7 Å². The fourth-order valence-electron chi connectivity index (χ4n) is 2.02. The molecule has 1 unspecified atom stereocenters. The van der Waals surface area contributed by atoms with Crippen molar-refractivity contribution in [3.05, 3.63) is 29.3 Å². The Morgan fingerprint density at radius 2 is 2.11 bits per heavy atom. The van der Waals surface area contributed by atoms with Crippen LogP contribution in [0.4, 0.5) is 5.69 Å². The van der Waals surface area contributed by atoms with Crippen molar-refractivity contribution in [2.45, 2.75) is 46.5 Å². The van der Waals surface area contributed by atoms with Gasteiger partial charge in [-0.3, -0.25) is 0 Å². The number of esters is 1. The highest BCUT2D eigenvalue weighted by molar-refractivity contribution is 5.95. The Kier molecular flexibility index (Phi) is 6.40. The maximum atomic E-state index is 12.0. The van der Waals surface area contributed by atoms with E-state index in [4.69, 9.17) is 10.5 Å². The molecule has 0 fully saturated rings. The maximum Gasteiger partial charge on any atom is 0.340 e. The van der Waals surface area contributed by atoms with E-state index in [1.807, 2.05) is 13.0 Å². The van der Waals surface area contributed by atoms with Crippen LogP contribution >= 0.6 is 0 Å². The van der Waals surface area contributed by atoms with Crippen molar-refractivity contribution >= 4 is 11.7 Å². The standard InChI is InChI=1S/C16H25NO2/c1-4-6-7-13(5-2)11-19-16(18)14-10-12(3)8-9-15(14)17/h8-10,13H,4-7,11,17H2,1-3H3. The highest BCUT2D eigenvalue weighted by Crippen LogP contribution is 2.17. The smallest absolute Gasteiger partial charge is 0.340 e. The van der Waals surface area contributed by atoms with Crippen LogP contribution < -0.4 is 5.73 Å². The Morgan fingerprint density at radius 3 is 2.74 bits per heavy atom. The second-order valence-corrected chi connectivity index (χ2v) is 5.11. The van der Waals surface area contributed by atoms with Crippen molar-refractivity contribution < 1.29 is 9.53 Å². The predicted molar refractivity (Wildman–Crippen MR) is 79.2 cm³/mol. The Bertz CT molecular complexity index is 415. The van der Waals surface area contributed by atoms with Gasteiger partial charge in [-0.2, -0.15) is 0 Å². The summed E-state index contributed by atoms with van der Waals surface area (Å²) in [4.78, 5) is 12.0. The number of carbonyl (C=O) groups excluding carboxylic acids is 1. The monoisotopic (exact) mass is 263 g/mol. The molecular formula is C16H25NO2. The molecule has 0 radical (unpaired) electrons. The summed E-state index contributed by atoms with van der Waals surface area (Å²) < 4.78 is 5.40. The van der Waals surface area contributed by atoms with E-state index < -0.39 is 0 Å². The number of unbranched alkanes of at least 4 members (excludes halogenated alkanes) is 1. The Balaban J connectivity index is 2.56. The van der Waals surface area contributed by atoms with Gasteiger partial charge in [0, 0.05) is 5.69 Å². The van der Waals surface area contributed by atoms with Crippen LogP contribution in [0.2, 0.25) is 0 Å². The number of hydrogen-bond acceptors (Lipinski definition) is 3. The zero-order valence-electron chi connectivity index (χ0n) is 12.2. The number of nitrogens with two attached hydrogens (primary N) is 1. The van der Waals surface area contributed by atoms with Crippen LogP contribution in [0.3, 0.4) is 0 Å². The first-order chi connectivity index (χ1) is 9.08. The number of anilines is 1. The van der Waals surface area contributed by atoms with E-state index in [2.05, 4.69) is 13.8 Å². The molecule has 0 spiro atoms. The Hall–Kier alpha value is -1.51. The van der Waals surface area contributed by atoms with Crippen LogP contribution in [0.25, 0.3) is 0 Å². The molecule has 0 bridgehead atoms. The number of rotatable bonds is 7. The van der Waals surface area contributed by atoms with Crippen molar-refractivity contribution in [3.8, 4) is 0 Å². The molecule has 0 heterocycles. The van der Waals surface area contributed by atoms with Crippen LogP contribution in [0, 0.1) is 12.8 Å². The van der Waals surface area contributed by atoms with Gasteiger partial charge in [-0.25, -0.2) is 4.79 Å². The fourth-order valence-corrected chi connectivity index (χ4v) is 2.02. The molecule has 106 valence electrons. The van der Waals surface area contributed by atoms with E-state index >= 15 is 0 Å². The summed E-state index contributed by atoms with van der Waals surface area (Å²) in [6.45, 7) is 6.73. The van der Waals surface area contributed by atoms with Crippen molar-refractivity contribution in [2.75, 3.05) is 12.3 Å². The molecule has 2 N–H and O–H groups in total. The normalized spacial score (nSPS) is 12.2. The van der Waals surface area contributed by atoms with Gasteiger partial charge in [-0.15, -0.1) is 0 Å². The molecule has 1 rings (SSSR count). The van der Waals surface area contributed by atoms with Gasteiger partial charge in [0.15, 0.2) is 0 Å². The van der Waals surface area contributed by atoms with Gasteiger partial charge in [0.2, 0.25) is 0 Å². The van der Waals surface area contributed by atoms with Gasteiger partial charge in [0.05, 0.1) is 12.2 Å². The Labute approximate surface area is 116 Å². The molecule has 0 amide bonds. The summed E-state index contributed by atoms with van der Waals surface area (Å²) in [5.41, 5.74) is 7.78. The molecule has 3 nitrogen and oxygen atoms in total. The van der Waals surface area contributed by atoms with E-state index in [-0.39, 0.29) is 5.97 Å². The van der Waals surface area contributed by atoms with Crippen LogP contribution in [-0.4, -0.2) is 12.6 Å². The first kappa shape index (κ1) is 15.5. The van der Waals surface area contributed by atoms with E-state index in [9.17, 15) is 4.79 Å². The van der Waals surface area contributed by atoms with Crippen LogP contribution in [0.15, 0.2) is 18.2 Å². The topological polar surface area (TPSA) is 52.3 Å². The van der Waals surface area contributed by atoms with Gasteiger partial charge in [-0.05, 0) is 31.4 Å². The second kappa shape index (κ2) is 7.82. The SMILES string of the molecule is CCCCC(CC)COC(=O)c1cc(C)ccc1N. The zero-order valence-corrected chi connectivity index (χ0v) is 12.2. The third kappa shape index (κ3) is 4.93. The van der Waals surface area contributed by atoms with E-state index in [0.29, 0.717) is 23.8 Å². The molecule has 0 aliphatic carbocycles. The number of hydrogen-bond donors (Lipinski definition) is 1. The summed E-state index contributed by atoms with van der Waals surface area (Å²) in [7, 11) is 0. The fraction of sp³-hybridized carbons (Fsp3) is 0.562. The lowest BCUT2D eigenvalue weighted by Gasteiger charge is -2.15. The molecular weight excluding hydrogens is 238 g/mol. The molecule has 1 atom stereocenters. The minimum absolute atomic E-state index is 0.309. The second-order valence-electron chi connectivity index (χ2n) is 5.11. The quantitative estimate of drug-likeness (QED) is 0.598. The maximum absolute atomic E-state index is 12.0. The van der Waals surface area contributed by atoms with Crippen molar-refractivity contribution in [3.63, 3.8) is 0 Å². The Morgan fingerprint density at radius 1 is 1.37 bits per heavy atom. The molecule has 1 aromatic rings.